The second-order valence-corrected chi connectivity index (χ2v) is 11.7. The second kappa shape index (κ2) is 10.1. The van der Waals surface area contributed by atoms with E-state index in [4.69, 9.17) is 21.1 Å². The fourth-order valence-electron chi connectivity index (χ4n) is 6.95. The van der Waals surface area contributed by atoms with Crippen LogP contribution in [-0.2, 0) is 16.9 Å². The molecule has 1 spiro atoms. The first-order valence-electron chi connectivity index (χ1n) is 13.5. The number of aliphatic hydroxyl groups is 1. The molecular formula is C29H35ClN2O5. The van der Waals surface area contributed by atoms with Crippen molar-refractivity contribution in [3.8, 4) is 11.5 Å². The molecule has 4 atom stereocenters. The predicted octanol–water partition coefficient (Wildman–Crippen LogP) is 4.23. The number of phenols is 1. The average Bonchev–Trinajstić information content (AvgIpc) is 3.59. The normalized spacial score (nSPS) is 26.8. The number of ether oxygens (including phenoxy) is 2. The number of likely N-dealkylation sites (tertiary alicyclic amines) is 1. The number of fused-ring (bicyclic) bond motifs is 4. The van der Waals surface area contributed by atoms with Crippen molar-refractivity contribution in [1.29, 1.82) is 0 Å². The zero-order valence-electron chi connectivity index (χ0n) is 21.0. The van der Waals surface area contributed by atoms with Crippen LogP contribution in [-0.4, -0.2) is 59.4 Å². The zero-order valence-corrected chi connectivity index (χ0v) is 21.8. The number of benzene rings is 2. The first-order valence-corrected chi connectivity index (χ1v) is 13.9. The first kappa shape index (κ1) is 25.0. The fourth-order valence-corrected chi connectivity index (χ4v) is 7.15. The number of piperidine rings is 1. The first-order chi connectivity index (χ1) is 17.9. The Morgan fingerprint density at radius 2 is 2.03 bits per heavy atom. The summed E-state index contributed by atoms with van der Waals surface area (Å²) in [6.07, 6.45) is 5.70. The number of phenolic OH excluding ortho intramolecular Hbond substituents is 1. The summed E-state index contributed by atoms with van der Waals surface area (Å²) < 4.78 is 12.1. The molecule has 2 heterocycles. The van der Waals surface area contributed by atoms with Crippen LogP contribution >= 0.6 is 11.6 Å². The summed E-state index contributed by atoms with van der Waals surface area (Å²) >= 11 is 6.15. The topological polar surface area (TPSA) is 91.3 Å². The van der Waals surface area contributed by atoms with Crippen molar-refractivity contribution in [2.24, 2.45) is 11.8 Å². The number of β-amino-alcohol motifs (C(OH)–C–C–N with tert-alkyl or cyclic N) is 1. The highest BCUT2D eigenvalue weighted by atomic mass is 35.5. The van der Waals surface area contributed by atoms with E-state index in [-0.39, 0.29) is 29.9 Å². The highest BCUT2D eigenvalue weighted by Crippen LogP contribution is 2.45. The number of aliphatic hydroxyl groups excluding tert-OH is 1. The molecule has 2 aromatic carbocycles. The van der Waals surface area contributed by atoms with E-state index in [9.17, 15) is 15.0 Å². The van der Waals surface area contributed by atoms with Crippen molar-refractivity contribution < 1.29 is 24.5 Å². The minimum Gasteiger partial charge on any atom is -0.508 e. The SMILES string of the molecule is O=C(NC1C[C@H]2CC[C@@H]1C2)c1ccc(O)cc1OC[C@@H](O)CN1CCC2(CC1)OCc1cc(Cl)ccc12. The van der Waals surface area contributed by atoms with Crippen LogP contribution in [0.1, 0.15) is 60.0 Å². The molecule has 3 N–H and O–H groups in total. The summed E-state index contributed by atoms with van der Waals surface area (Å²) in [5.41, 5.74) is 2.53. The molecule has 1 saturated heterocycles. The number of nitrogens with zero attached hydrogens (tertiary/aromatic N) is 1. The van der Waals surface area contributed by atoms with Crippen molar-refractivity contribution in [1.82, 2.24) is 10.2 Å². The Labute approximate surface area is 222 Å². The molecule has 8 heteroatoms. The summed E-state index contributed by atoms with van der Waals surface area (Å²) in [5, 5.41) is 24.6. The second-order valence-electron chi connectivity index (χ2n) is 11.3. The number of rotatable bonds is 7. The van der Waals surface area contributed by atoms with E-state index in [1.807, 2.05) is 12.1 Å². The van der Waals surface area contributed by atoms with Gasteiger partial charge in [0.1, 0.15) is 24.2 Å². The Morgan fingerprint density at radius 3 is 2.78 bits per heavy atom. The van der Waals surface area contributed by atoms with Gasteiger partial charge in [-0.25, -0.2) is 0 Å². The number of halogens is 1. The van der Waals surface area contributed by atoms with E-state index in [1.165, 1.54) is 42.5 Å². The predicted molar refractivity (Wildman–Crippen MR) is 140 cm³/mol. The standard InChI is InChI=1S/C29H35ClN2O5/c30-21-3-6-25-20(13-21)16-37-29(25)7-9-32(10-8-29)15-23(34)17-36-27-14-22(33)4-5-24(27)28(35)31-26-12-18-1-2-19(26)11-18/h3-6,13-14,18-19,23,26,33-34H,1-2,7-12,15-17H2,(H,31,35)/t18-,19+,23-,26?/m0/s1. The summed E-state index contributed by atoms with van der Waals surface area (Å²) in [7, 11) is 0. The molecule has 0 aromatic heterocycles. The maximum absolute atomic E-state index is 13.0. The van der Waals surface area contributed by atoms with E-state index in [0.717, 1.165) is 43.3 Å². The highest BCUT2D eigenvalue weighted by Gasteiger charge is 2.43. The van der Waals surface area contributed by atoms with Crippen LogP contribution in [0.4, 0.5) is 0 Å². The Kier molecular flexibility index (Phi) is 6.82. The van der Waals surface area contributed by atoms with Crippen molar-refractivity contribution in [2.45, 2.75) is 62.9 Å². The lowest BCUT2D eigenvalue weighted by Gasteiger charge is -2.39. The van der Waals surface area contributed by atoms with Crippen molar-refractivity contribution >= 4 is 17.5 Å². The minimum absolute atomic E-state index is 0.0282. The van der Waals surface area contributed by atoms with Crippen LogP contribution in [0.5, 0.6) is 11.5 Å². The average molecular weight is 527 g/mol. The van der Waals surface area contributed by atoms with Gasteiger partial charge in [0.2, 0.25) is 0 Å². The van der Waals surface area contributed by atoms with E-state index in [0.29, 0.717) is 30.4 Å². The third-order valence-electron chi connectivity index (χ3n) is 8.89. The quantitative estimate of drug-likeness (QED) is 0.500. The van der Waals surface area contributed by atoms with Crippen LogP contribution in [0.2, 0.25) is 5.02 Å². The van der Waals surface area contributed by atoms with E-state index < -0.39 is 6.10 Å². The van der Waals surface area contributed by atoms with Gasteiger partial charge in [0.05, 0.1) is 17.8 Å². The molecule has 37 heavy (non-hydrogen) atoms. The van der Waals surface area contributed by atoms with Crippen molar-refractivity contribution in [3.63, 3.8) is 0 Å². The largest absolute Gasteiger partial charge is 0.508 e. The lowest BCUT2D eigenvalue weighted by molar-refractivity contribution is -0.0835. The maximum atomic E-state index is 13.0. The van der Waals surface area contributed by atoms with E-state index in [2.05, 4.69) is 16.3 Å². The number of carbonyl (C=O) groups excluding carboxylic acids is 1. The Hall–Kier alpha value is -2.32. The number of nitrogens with one attached hydrogen (secondary N) is 1. The van der Waals surface area contributed by atoms with Gasteiger partial charge in [0.25, 0.3) is 5.91 Å². The maximum Gasteiger partial charge on any atom is 0.255 e. The van der Waals surface area contributed by atoms with Gasteiger partial charge in [-0.15, -0.1) is 0 Å². The van der Waals surface area contributed by atoms with E-state index >= 15 is 0 Å². The number of carbonyl (C=O) groups is 1. The van der Waals surface area contributed by atoms with Crippen LogP contribution in [0.25, 0.3) is 0 Å². The van der Waals surface area contributed by atoms with Crippen LogP contribution in [0.15, 0.2) is 36.4 Å². The summed E-state index contributed by atoms with van der Waals surface area (Å²) in [4.78, 5) is 15.3. The number of hydrogen-bond donors (Lipinski definition) is 3. The lowest BCUT2D eigenvalue weighted by atomic mass is 9.84. The Bertz CT molecular complexity index is 1160. The van der Waals surface area contributed by atoms with Crippen molar-refractivity contribution in [2.75, 3.05) is 26.2 Å². The number of amides is 1. The van der Waals surface area contributed by atoms with Gasteiger partial charge in [-0.2, -0.15) is 0 Å². The number of aromatic hydroxyl groups is 1. The molecule has 3 fully saturated rings. The van der Waals surface area contributed by atoms with Gasteiger partial charge in [-0.1, -0.05) is 24.1 Å². The molecule has 7 nitrogen and oxygen atoms in total. The molecule has 2 aliphatic carbocycles. The highest BCUT2D eigenvalue weighted by molar-refractivity contribution is 6.30. The Balaban J connectivity index is 1.02. The molecule has 1 amide bonds. The number of hydrogen-bond acceptors (Lipinski definition) is 6. The summed E-state index contributed by atoms with van der Waals surface area (Å²) in [6.45, 7) is 2.71. The van der Waals surface area contributed by atoms with Gasteiger partial charge in [0, 0.05) is 36.8 Å². The molecule has 6 rings (SSSR count). The molecular weight excluding hydrogens is 492 g/mol. The van der Waals surface area contributed by atoms with Crippen LogP contribution in [0.3, 0.4) is 0 Å². The molecule has 2 aromatic rings. The molecule has 0 radical (unpaired) electrons. The van der Waals surface area contributed by atoms with Gasteiger partial charge in [-0.3, -0.25) is 4.79 Å². The molecule has 2 bridgehead atoms. The monoisotopic (exact) mass is 526 g/mol. The zero-order chi connectivity index (χ0) is 25.6. The Morgan fingerprint density at radius 1 is 1.19 bits per heavy atom. The molecule has 4 aliphatic rings. The minimum atomic E-state index is -0.728. The molecule has 2 aliphatic heterocycles. The lowest BCUT2D eigenvalue weighted by Crippen LogP contribution is -2.46. The van der Waals surface area contributed by atoms with E-state index in [1.54, 1.807) is 6.07 Å². The third-order valence-corrected chi connectivity index (χ3v) is 9.13. The van der Waals surface area contributed by atoms with Crippen molar-refractivity contribution in [3.05, 3.63) is 58.1 Å². The fraction of sp³-hybridized carbons (Fsp3) is 0.552. The van der Waals surface area contributed by atoms with Crippen LogP contribution in [0, 0.1) is 11.8 Å². The van der Waals surface area contributed by atoms with Gasteiger partial charge >= 0.3 is 0 Å². The molecule has 1 unspecified atom stereocenters. The summed E-state index contributed by atoms with van der Waals surface area (Å²) in [5.74, 6) is 1.45. The molecule has 198 valence electrons. The van der Waals surface area contributed by atoms with Crippen LogP contribution < -0.4 is 10.1 Å². The third kappa shape index (κ3) is 5.07. The smallest absolute Gasteiger partial charge is 0.255 e. The summed E-state index contributed by atoms with van der Waals surface area (Å²) in [6, 6.07) is 10.8. The molecule has 2 saturated carbocycles. The van der Waals surface area contributed by atoms with Gasteiger partial charge in [-0.05, 0) is 79.3 Å². The van der Waals surface area contributed by atoms with Gasteiger partial charge < -0.3 is 29.9 Å². The van der Waals surface area contributed by atoms with Gasteiger partial charge in [0.15, 0.2) is 0 Å².